The number of rotatable bonds is 7. The Kier molecular flexibility index (Phi) is 6.76. The van der Waals surface area contributed by atoms with Crippen LogP contribution in [0.3, 0.4) is 0 Å². The molecule has 3 N–H and O–H groups in total. The number of Topliss-reactive ketones (excluding diaryl/α,β-unsaturated/α-hetero) is 1. The molecule has 0 aliphatic heterocycles. The molecular formula is C9H18O4. The molecule has 0 aromatic heterocycles. The second-order valence-electron chi connectivity index (χ2n) is 3.31. The predicted octanol–water partition coefficient (Wildman–Crippen LogP) is 0.198. The van der Waals surface area contributed by atoms with Crippen molar-refractivity contribution in [1.82, 2.24) is 0 Å². The quantitative estimate of drug-likeness (QED) is 0.501. The summed E-state index contributed by atoms with van der Waals surface area (Å²) >= 11 is 0. The number of carbonyl (C=O) groups is 1. The maximum atomic E-state index is 10.5. The van der Waals surface area contributed by atoms with Crippen LogP contribution < -0.4 is 0 Å². The third-order valence-electron chi connectivity index (χ3n) is 1.83. The van der Waals surface area contributed by atoms with Crippen LogP contribution in [0.4, 0.5) is 0 Å². The van der Waals surface area contributed by atoms with Gasteiger partial charge in [-0.3, -0.25) is 0 Å². The first kappa shape index (κ1) is 12.6. The van der Waals surface area contributed by atoms with Gasteiger partial charge < -0.3 is 20.1 Å². The van der Waals surface area contributed by atoms with Gasteiger partial charge in [-0.2, -0.15) is 0 Å². The Balaban J connectivity index is 3.30. The number of carbonyl (C=O) groups excluding carboxylic acids is 1. The van der Waals surface area contributed by atoms with Crippen molar-refractivity contribution >= 4 is 5.78 Å². The van der Waals surface area contributed by atoms with Gasteiger partial charge in [-0.05, 0) is 32.6 Å². The lowest BCUT2D eigenvalue weighted by molar-refractivity contribution is -0.117. The first-order valence-electron chi connectivity index (χ1n) is 4.56. The molecule has 1 unspecified atom stereocenters. The van der Waals surface area contributed by atoms with E-state index in [0.29, 0.717) is 25.7 Å². The zero-order valence-electron chi connectivity index (χ0n) is 7.94. The van der Waals surface area contributed by atoms with Crippen LogP contribution in [0.15, 0.2) is 0 Å². The standard InChI is InChI=1S/C9H18O4/c1-7(10)5-6-8(11)3-2-4-9(12)13/h8-9,11-13H,2-6H2,1H3. The number of aliphatic hydroxyl groups excluding tert-OH is 2. The van der Waals surface area contributed by atoms with Crippen LogP contribution in [0.2, 0.25) is 0 Å². The topological polar surface area (TPSA) is 77.8 Å². The van der Waals surface area contributed by atoms with Gasteiger partial charge in [0.25, 0.3) is 0 Å². The van der Waals surface area contributed by atoms with Gasteiger partial charge in [-0.1, -0.05) is 0 Å². The van der Waals surface area contributed by atoms with E-state index in [1.165, 1.54) is 6.92 Å². The van der Waals surface area contributed by atoms with Crippen molar-refractivity contribution in [2.45, 2.75) is 51.4 Å². The van der Waals surface area contributed by atoms with Crippen LogP contribution in [0, 0.1) is 0 Å². The molecule has 0 saturated heterocycles. The summed E-state index contributed by atoms with van der Waals surface area (Å²) in [7, 11) is 0. The fourth-order valence-electron chi connectivity index (χ4n) is 1.05. The average molecular weight is 190 g/mol. The number of hydrogen-bond acceptors (Lipinski definition) is 4. The average Bonchev–Trinajstić information content (AvgIpc) is 2.00. The van der Waals surface area contributed by atoms with Crippen LogP contribution in [0.25, 0.3) is 0 Å². The highest BCUT2D eigenvalue weighted by Gasteiger charge is 2.06. The molecule has 13 heavy (non-hydrogen) atoms. The van der Waals surface area contributed by atoms with E-state index in [0.717, 1.165) is 0 Å². The SMILES string of the molecule is CC(=O)CCC(O)CCCC(O)O. The van der Waals surface area contributed by atoms with Crippen LogP contribution in [-0.4, -0.2) is 33.5 Å². The van der Waals surface area contributed by atoms with Gasteiger partial charge in [0.2, 0.25) is 0 Å². The first-order chi connectivity index (χ1) is 6.02. The molecule has 0 bridgehead atoms. The summed E-state index contributed by atoms with van der Waals surface area (Å²) in [6.07, 6.45) is 0.431. The van der Waals surface area contributed by atoms with Crippen LogP contribution >= 0.6 is 0 Å². The number of aliphatic hydroxyl groups is 3. The minimum atomic E-state index is -1.29. The minimum absolute atomic E-state index is 0.0706. The van der Waals surface area contributed by atoms with E-state index < -0.39 is 12.4 Å². The normalized spacial score (nSPS) is 13.3. The highest BCUT2D eigenvalue weighted by molar-refractivity contribution is 5.75. The van der Waals surface area contributed by atoms with Gasteiger partial charge >= 0.3 is 0 Å². The van der Waals surface area contributed by atoms with Gasteiger partial charge in [0.1, 0.15) is 5.78 Å². The molecule has 0 radical (unpaired) electrons. The Bertz CT molecular complexity index is 145. The van der Waals surface area contributed by atoms with Crippen molar-refractivity contribution < 1.29 is 20.1 Å². The lowest BCUT2D eigenvalue weighted by Crippen LogP contribution is -2.10. The second-order valence-corrected chi connectivity index (χ2v) is 3.31. The molecule has 4 nitrogen and oxygen atoms in total. The summed E-state index contributed by atoms with van der Waals surface area (Å²) in [5.41, 5.74) is 0. The smallest absolute Gasteiger partial charge is 0.151 e. The van der Waals surface area contributed by atoms with Gasteiger partial charge in [0.05, 0.1) is 6.10 Å². The molecule has 0 fully saturated rings. The molecule has 0 heterocycles. The van der Waals surface area contributed by atoms with Gasteiger partial charge in [0, 0.05) is 6.42 Å². The summed E-state index contributed by atoms with van der Waals surface area (Å²) in [5.74, 6) is 0.0706. The second kappa shape index (κ2) is 7.00. The highest BCUT2D eigenvalue weighted by Crippen LogP contribution is 2.07. The van der Waals surface area contributed by atoms with Crippen molar-refractivity contribution in [2.24, 2.45) is 0 Å². The minimum Gasteiger partial charge on any atom is -0.393 e. The van der Waals surface area contributed by atoms with E-state index in [2.05, 4.69) is 0 Å². The Morgan fingerprint density at radius 3 is 2.23 bits per heavy atom. The Hall–Kier alpha value is -0.450. The molecule has 0 aliphatic rings. The Morgan fingerprint density at radius 2 is 1.77 bits per heavy atom. The summed E-state index contributed by atoms with van der Waals surface area (Å²) < 4.78 is 0. The van der Waals surface area contributed by atoms with E-state index in [4.69, 9.17) is 10.2 Å². The fourth-order valence-corrected chi connectivity index (χ4v) is 1.05. The third kappa shape index (κ3) is 9.46. The van der Waals surface area contributed by atoms with E-state index in [9.17, 15) is 9.90 Å². The van der Waals surface area contributed by atoms with Gasteiger partial charge in [-0.15, -0.1) is 0 Å². The van der Waals surface area contributed by atoms with Crippen molar-refractivity contribution in [2.75, 3.05) is 0 Å². The highest BCUT2D eigenvalue weighted by atomic mass is 16.5. The third-order valence-corrected chi connectivity index (χ3v) is 1.83. The summed E-state index contributed by atoms with van der Waals surface area (Å²) in [5, 5.41) is 26.3. The van der Waals surface area contributed by atoms with Crippen molar-refractivity contribution in [3.63, 3.8) is 0 Å². The predicted molar refractivity (Wildman–Crippen MR) is 48.0 cm³/mol. The molecule has 1 atom stereocenters. The molecule has 0 aromatic rings. The monoisotopic (exact) mass is 190 g/mol. The van der Waals surface area contributed by atoms with Crippen LogP contribution in [-0.2, 0) is 4.79 Å². The summed E-state index contributed by atoms with van der Waals surface area (Å²) in [6, 6.07) is 0. The first-order valence-corrected chi connectivity index (χ1v) is 4.56. The molecular weight excluding hydrogens is 172 g/mol. The molecule has 0 aromatic carbocycles. The Morgan fingerprint density at radius 1 is 1.15 bits per heavy atom. The van der Waals surface area contributed by atoms with Crippen molar-refractivity contribution in [1.29, 1.82) is 0 Å². The van der Waals surface area contributed by atoms with E-state index >= 15 is 0 Å². The molecule has 78 valence electrons. The van der Waals surface area contributed by atoms with E-state index in [-0.39, 0.29) is 12.2 Å². The molecule has 0 saturated carbocycles. The zero-order valence-corrected chi connectivity index (χ0v) is 7.94. The van der Waals surface area contributed by atoms with Gasteiger partial charge in [0.15, 0.2) is 6.29 Å². The molecule has 0 spiro atoms. The Labute approximate surface area is 78.2 Å². The van der Waals surface area contributed by atoms with Crippen molar-refractivity contribution in [3.8, 4) is 0 Å². The number of hydrogen-bond donors (Lipinski definition) is 3. The molecule has 0 aliphatic carbocycles. The van der Waals surface area contributed by atoms with Crippen molar-refractivity contribution in [3.05, 3.63) is 0 Å². The summed E-state index contributed by atoms with van der Waals surface area (Å²) in [4.78, 5) is 10.5. The van der Waals surface area contributed by atoms with E-state index in [1.807, 2.05) is 0 Å². The molecule has 0 amide bonds. The molecule has 4 heteroatoms. The maximum Gasteiger partial charge on any atom is 0.151 e. The maximum absolute atomic E-state index is 10.5. The van der Waals surface area contributed by atoms with Gasteiger partial charge in [-0.25, -0.2) is 0 Å². The zero-order chi connectivity index (χ0) is 10.3. The largest absolute Gasteiger partial charge is 0.393 e. The van der Waals surface area contributed by atoms with Crippen LogP contribution in [0.5, 0.6) is 0 Å². The number of ketones is 1. The summed E-state index contributed by atoms with van der Waals surface area (Å²) in [6.45, 7) is 1.49. The van der Waals surface area contributed by atoms with Crippen LogP contribution in [0.1, 0.15) is 39.0 Å². The lowest BCUT2D eigenvalue weighted by atomic mass is 10.1. The fraction of sp³-hybridized carbons (Fsp3) is 0.889. The molecule has 0 rings (SSSR count). The van der Waals surface area contributed by atoms with E-state index in [1.54, 1.807) is 0 Å². The lowest BCUT2D eigenvalue weighted by Gasteiger charge is -2.09.